The molecule has 0 radical (unpaired) electrons. The SMILES string of the molecule is COC(=O)[C@H](CO)NC(=O)c1cccc(CN2CCCC2=O)c1. The molecule has 1 aliphatic rings. The maximum atomic E-state index is 12.2. The lowest BCUT2D eigenvalue weighted by Gasteiger charge is -2.17. The van der Waals surface area contributed by atoms with E-state index in [-0.39, 0.29) is 5.91 Å². The van der Waals surface area contributed by atoms with Gasteiger partial charge in [-0.05, 0) is 24.1 Å². The number of esters is 1. The Bertz CT molecular complexity index is 602. The summed E-state index contributed by atoms with van der Waals surface area (Å²) in [5, 5.41) is 11.6. The normalized spacial score (nSPS) is 15.4. The quantitative estimate of drug-likeness (QED) is 0.723. The van der Waals surface area contributed by atoms with Gasteiger partial charge in [-0.1, -0.05) is 12.1 Å². The fraction of sp³-hybridized carbons (Fsp3) is 0.438. The van der Waals surface area contributed by atoms with Gasteiger partial charge in [0.25, 0.3) is 5.91 Å². The summed E-state index contributed by atoms with van der Waals surface area (Å²) in [4.78, 5) is 37.0. The van der Waals surface area contributed by atoms with Crippen LogP contribution in [0.5, 0.6) is 0 Å². The number of hydrogen-bond acceptors (Lipinski definition) is 5. The number of ether oxygens (including phenoxy) is 1. The van der Waals surface area contributed by atoms with Gasteiger partial charge < -0.3 is 20.1 Å². The van der Waals surface area contributed by atoms with E-state index in [1.54, 1.807) is 23.1 Å². The van der Waals surface area contributed by atoms with E-state index in [9.17, 15) is 14.4 Å². The number of nitrogens with one attached hydrogen (secondary N) is 1. The van der Waals surface area contributed by atoms with E-state index in [1.165, 1.54) is 7.11 Å². The smallest absolute Gasteiger partial charge is 0.330 e. The van der Waals surface area contributed by atoms with E-state index < -0.39 is 24.5 Å². The minimum Gasteiger partial charge on any atom is -0.467 e. The Morgan fingerprint density at radius 1 is 1.43 bits per heavy atom. The summed E-state index contributed by atoms with van der Waals surface area (Å²) in [7, 11) is 1.19. The monoisotopic (exact) mass is 320 g/mol. The molecule has 2 N–H and O–H groups in total. The summed E-state index contributed by atoms with van der Waals surface area (Å²) < 4.78 is 4.51. The molecule has 0 bridgehead atoms. The lowest BCUT2D eigenvalue weighted by molar-refractivity contribution is -0.143. The van der Waals surface area contributed by atoms with Crippen molar-refractivity contribution in [1.29, 1.82) is 0 Å². The van der Waals surface area contributed by atoms with Crippen LogP contribution in [0.25, 0.3) is 0 Å². The number of methoxy groups -OCH3 is 1. The van der Waals surface area contributed by atoms with Gasteiger partial charge in [-0.3, -0.25) is 9.59 Å². The third kappa shape index (κ3) is 4.29. The second-order valence-corrected chi connectivity index (χ2v) is 5.35. The molecular weight excluding hydrogens is 300 g/mol. The third-order valence-corrected chi connectivity index (χ3v) is 3.71. The van der Waals surface area contributed by atoms with Crippen LogP contribution < -0.4 is 5.32 Å². The second-order valence-electron chi connectivity index (χ2n) is 5.35. The molecule has 2 rings (SSSR count). The number of carbonyl (C=O) groups excluding carboxylic acids is 3. The molecule has 1 heterocycles. The van der Waals surface area contributed by atoms with Crippen LogP contribution in [0.2, 0.25) is 0 Å². The summed E-state index contributed by atoms with van der Waals surface area (Å²) in [6.45, 7) is 0.644. The first-order valence-electron chi connectivity index (χ1n) is 7.41. The number of aliphatic hydroxyl groups is 1. The fourth-order valence-electron chi connectivity index (χ4n) is 2.47. The molecule has 0 spiro atoms. The summed E-state index contributed by atoms with van der Waals surface area (Å²) in [5.41, 5.74) is 1.20. The van der Waals surface area contributed by atoms with Crippen molar-refractivity contribution < 1.29 is 24.2 Å². The Morgan fingerprint density at radius 3 is 2.83 bits per heavy atom. The second kappa shape index (κ2) is 7.73. The zero-order valence-electron chi connectivity index (χ0n) is 12.9. The highest BCUT2D eigenvalue weighted by atomic mass is 16.5. The van der Waals surface area contributed by atoms with Gasteiger partial charge in [0, 0.05) is 25.1 Å². The number of hydrogen-bond donors (Lipinski definition) is 2. The average Bonchev–Trinajstić information content (AvgIpc) is 2.96. The number of nitrogens with zero attached hydrogens (tertiary/aromatic N) is 1. The molecule has 1 fully saturated rings. The summed E-state index contributed by atoms with van der Waals surface area (Å²) in [6.07, 6.45) is 1.42. The van der Waals surface area contributed by atoms with E-state index in [1.807, 2.05) is 6.07 Å². The minimum absolute atomic E-state index is 0.117. The van der Waals surface area contributed by atoms with Crippen LogP contribution in [0, 0.1) is 0 Å². The molecule has 0 unspecified atom stereocenters. The molecule has 1 aromatic rings. The van der Waals surface area contributed by atoms with Crippen molar-refractivity contribution in [1.82, 2.24) is 10.2 Å². The predicted octanol–water partition coefficient (Wildman–Crippen LogP) is 0.0727. The Balaban J connectivity index is 2.04. The fourth-order valence-corrected chi connectivity index (χ4v) is 2.47. The van der Waals surface area contributed by atoms with Crippen molar-refractivity contribution in [2.75, 3.05) is 20.3 Å². The Hall–Kier alpha value is -2.41. The van der Waals surface area contributed by atoms with E-state index in [0.717, 1.165) is 18.5 Å². The Labute approximate surface area is 134 Å². The van der Waals surface area contributed by atoms with Crippen molar-refractivity contribution >= 4 is 17.8 Å². The van der Waals surface area contributed by atoms with Crippen LogP contribution in [0.4, 0.5) is 0 Å². The Morgan fingerprint density at radius 2 is 2.22 bits per heavy atom. The molecule has 2 amide bonds. The van der Waals surface area contributed by atoms with Gasteiger partial charge >= 0.3 is 5.97 Å². The van der Waals surface area contributed by atoms with E-state index in [2.05, 4.69) is 10.1 Å². The molecule has 0 aromatic heterocycles. The van der Waals surface area contributed by atoms with Crippen molar-refractivity contribution in [3.05, 3.63) is 35.4 Å². The predicted molar refractivity (Wildman–Crippen MR) is 81.4 cm³/mol. The molecule has 7 heteroatoms. The van der Waals surface area contributed by atoms with Crippen molar-refractivity contribution in [2.24, 2.45) is 0 Å². The first-order chi connectivity index (χ1) is 11.0. The standard InChI is InChI=1S/C16H20N2O5/c1-23-16(22)13(10-19)17-15(21)12-5-2-4-11(8-12)9-18-7-3-6-14(18)20/h2,4-5,8,13,19H,3,6-7,9-10H2,1H3,(H,17,21)/t13-/m0/s1. The highest BCUT2D eigenvalue weighted by molar-refractivity contribution is 5.97. The average molecular weight is 320 g/mol. The largest absolute Gasteiger partial charge is 0.467 e. The molecule has 1 aliphatic heterocycles. The zero-order valence-corrected chi connectivity index (χ0v) is 12.9. The summed E-state index contributed by atoms with van der Waals surface area (Å²) >= 11 is 0. The lowest BCUT2D eigenvalue weighted by atomic mass is 10.1. The van der Waals surface area contributed by atoms with E-state index in [4.69, 9.17) is 5.11 Å². The number of rotatable bonds is 6. The van der Waals surface area contributed by atoms with Gasteiger partial charge in [0.1, 0.15) is 0 Å². The zero-order chi connectivity index (χ0) is 16.8. The van der Waals surface area contributed by atoms with Crippen molar-refractivity contribution in [2.45, 2.75) is 25.4 Å². The molecule has 124 valence electrons. The molecule has 7 nitrogen and oxygen atoms in total. The first-order valence-corrected chi connectivity index (χ1v) is 7.41. The third-order valence-electron chi connectivity index (χ3n) is 3.71. The summed E-state index contributed by atoms with van der Waals surface area (Å²) in [5.74, 6) is -1.07. The van der Waals surface area contributed by atoms with Crippen LogP contribution in [0.15, 0.2) is 24.3 Å². The highest BCUT2D eigenvalue weighted by Gasteiger charge is 2.22. The molecule has 1 aromatic carbocycles. The minimum atomic E-state index is -1.10. The maximum Gasteiger partial charge on any atom is 0.330 e. The van der Waals surface area contributed by atoms with Gasteiger partial charge in [0.2, 0.25) is 5.91 Å². The molecule has 1 saturated heterocycles. The maximum absolute atomic E-state index is 12.2. The van der Waals surface area contributed by atoms with Gasteiger partial charge in [0.15, 0.2) is 6.04 Å². The number of aliphatic hydroxyl groups excluding tert-OH is 1. The van der Waals surface area contributed by atoms with Crippen LogP contribution in [0.3, 0.4) is 0 Å². The molecular formula is C16H20N2O5. The number of carbonyl (C=O) groups is 3. The summed E-state index contributed by atoms with van der Waals surface area (Å²) in [6, 6.07) is 5.74. The van der Waals surface area contributed by atoms with E-state index in [0.29, 0.717) is 18.5 Å². The Kier molecular flexibility index (Phi) is 5.70. The topological polar surface area (TPSA) is 95.9 Å². The van der Waals surface area contributed by atoms with Crippen molar-refractivity contribution in [3.63, 3.8) is 0 Å². The van der Waals surface area contributed by atoms with Crippen LogP contribution >= 0.6 is 0 Å². The van der Waals surface area contributed by atoms with Crippen LogP contribution in [-0.4, -0.2) is 54.1 Å². The molecule has 1 atom stereocenters. The van der Waals surface area contributed by atoms with Crippen LogP contribution in [-0.2, 0) is 20.9 Å². The van der Waals surface area contributed by atoms with Crippen LogP contribution in [0.1, 0.15) is 28.8 Å². The number of benzene rings is 1. The highest BCUT2D eigenvalue weighted by Crippen LogP contribution is 2.15. The first kappa shape index (κ1) is 17.0. The van der Waals surface area contributed by atoms with Crippen molar-refractivity contribution in [3.8, 4) is 0 Å². The number of likely N-dealkylation sites (tertiary alicyclic amines) is 1. The van der Waals surface area contributed by atoms with Gasteiger partial charge in [0.05, 0.1) is 13.7 Å². The number of amides is 2. The lowest BCUT2D eigenvalue weighted by Crippen LogP contribution is -2.44. The van der Waals surface area contributed by atoms with Gasteiger partial charge in [-0.25, -0.2) is 4.79 Å². The van der Waals surface area contributed by atoms with Gasteiger partial charge in [-0.2, -0.15) is 0 Å². The molecule has 0 saturated carbocycles. The van der Waals surface area contributed by atoms with E-state index >= 15 is 0 Å². The van der Waals surface area contributed by atoms with Gasteiger partial charge in [-0.15, -0.1) is 0 Å². The molecule has 0 aliphatic carbocycles. The molecule has 23 heavy (non-hydrogen) atoms.